The Morgan fingerprint density at radius 2 is 2.00 bits per heavy atom. The van der Waals surface area contributed by atoms with Crippen molar-refractivity contribution < 1.29 is 9.50 Å². The monoisotopic (exact) mass is 229 g/mol. The van der Waals surface area contributed by atoms with Gasteiger partial charge in [-0.25, -0.2) is 4.39 Å². The fourth-order valence-electron chi connectivity index (χ4n) is 2.21. The summed E-state index contributed by atoms with van der Waals surface area (Å²) in [6.45, 7) is 0.941. The minimum Gasteiger partial charge on any atom is -0.508 e. The molecule has 17 heavy (non-hydrogen) atoms. The third kappa shape index (κ3) is 1.73. The number of halogens is 1. The number of hydrogen-bond acceptors (Lipinski definition) is 2. The SMILES string of the molecule is Oc1ccc(-c2ccc3c(c2)CCN3)c(F)c1. The number of hydrogen-bond donors (Lipinski definition) is 2. The van der Waals surface area contributed by atoms with Gasteiger partial charge in [-0.05, 0) is 41.8 Å². The van der Waals surface area contributed by atoms with Crippen molar-refractivity contribution in [2.75, 3.05) is 11.9 Å². The molecule has 0 atom stereocenters. The summed E-state index contributed by atoms with van der Waals surface area (Å²) in [6.07, 6.45) is 0.975. The second-order valence-electron chi connectivity index (χ2n) is 4.21. The van der Waals surface area contributed by atoms with Gasteiger partial charge in [0.05, 0.1) is 0 Å². The van der Waals surface area contributed by atoms with Crippen molar-refractivity contribution >= 4 is 5.69 Å². The topological polar surface area (TPSA) is 32.3 Å². The highest BCUT2D eigenvalue weighted by Gasteiger charge is 2.12. The van der Waals surface area contributed by atoms with Crippen LogP contribution in [0, 0.1) is 5.82 Å². The standard InChI is InChI=1S/C14H12FNO/c15-13-8-11(17)2-3-12(13)9-1-4-14-10(7-9)5-6-16-14/h1-4,7-8,16-17H,5-6H2. The fourth-order valence-corrected chi connectivity index (χ4v) is 2.21. The lowest BCUT2D eigenvalue weighted by molar-refractivity contribution is 0.469. The first kappa shape index (κ1) is 10.1. The number of phenolic OH excluding ortho intramolecular Hbond substituents is 1. The van der Waals surface area contributed by atoms with Crippen molar-refractivity contribution in [2.45, 2.75) is 6.42 Å². The Morgan fingerprint density at radius 1 is 1.12 bits per heavy atom. The highest BCUT2D eigenvalue weighted by molar-refractivity contribution is 5.70. The van der Waals surface area contributed by atoms with Crippen molar-refractivity contribution in [3.8, 4) is 16.9 Å². The van der Waals surface area contributed by atoms with Crippen LogP contribution >= 0.6 is 0 Å². The molecule has 0 fully saturated rings. The highest BCUT2D eigenvalue weighted by Crippen LogP contribution is 2.31. The number of anilines is 1. The zero-order valence-corrected chi connectivity index (χ0v) is 9.20. The van der Waals surface area contributed by atoms with Crippen LogP contribution in [0.5, 0.6) is 5.75 Å². The number of phenols is 1. The van der Waals surface area contributed by atoms with E-state index in [0.29, 0.717) is 5.56 Å². The molecule has 2 N–H and O–H groups in total. The van der Waals surface area contributed by atoms with Gasteiger partial charge in [0.25, 0.3) is 0 Å². The van der Waals surface area contributed by atoms with E-state index in [9.17, 15) is 9.50 Å². The zero-order valence-electron chi connectivity index (χ0n) is 9.20. The number of fused-ring (bicyclic) bond motifs is 1. The first-order valence-corrected chi connectivity index (χ1v) is 5.60. The van der Waals surface area contributed by atoms with Crippen molar-refractivity contribution in [1.29, 1.82) is 0 Å². The molecule has 0 amide bonds. The lowest BCUT2D eigenvalue weighted by Crippen LogP contribution is -1.90. The molecule has 2 nitrogen and oxygen atoms in total. The maximum absolute atomic E-state index is 13.7. The average molecular weight is 229 g/mol. The third-order valence-corrected chi connectivity index (χ3v) is 3.08. The third-order valence-electron chi connectivity index (χ3n) is 3.08. The molecule has 3 rings (SSSR count). The Kier molecular flexibility index (Phi) is 2.25. The lowest BCUT2D eigenvalue weighted by atomic mass is 10.0. The fraction of sp³-hybridized carbons (Fsp3) is 0.143. The van der Waals surface area contributed by atoms with Crippen molar-refractivity contribution in [3.63, 3.8) is 0 Å². The molecule has 0 bridgehead atoms. The molecule has 0 unspecified atom stereocenters. The summed E-state index contributed by atoms with van der Waals surface area (Å²) >= 11 is 0. The molecule has 2 aromatic rings. The van der Waals surface area contributed by atoms with Crippen LogP contribution in [0.1, 0.15) is 5.56 Å². The molecule has 2 aromatic carbocycles. The van der Waals surface area contributed by atoms with Gasteiger partial charge < -0.3 is 10.4 Å². The number of rotatable bonds is 1. The van der Waals surface area contributed by atoms with Gasteiger partial charge in [-0.3, -0.25) is 0 Å². The minimum atomic E-state index is -0.393. The lowest BCUT2D eigenvalue weighted by Gasteiger charge is -2.06. The predicted octanol–water partition coefficient (Wildman–Crippen LogP) is 3.17. The Morgan fingerprint density at radius 3 is 2.82 bits per heavy atom. The van der Waals surface area contributed by atoms with E-state index in [1.807, 2.05) is 18.2 Å². The molecule has 3 heteroatoms. The average Bonchev–Trinajstić information content (AvgIpc) is 2.75. The van der Waals surface area contributed by atoms with E-state index in [1.165, 1.54) is 11.6 Å². The van der Waals surface area contributed by atoms with Crippen LogP contribution in [-0.2, 0) is 6.42 Å². The second-order valence-corrected chi connectivity index (χ2v) is 4.21. The summed E-state index contributed by atoms with van der Waals surface area (Å²) in [4.78, 5) is 0. The highest BCUT2D eigenvalue weighted by atomic mass is 19.1. The summed E-state index contributed by atoms with van der Waals surface area (Å²) in [5.41, 5.74) is 3.73. The van der Waals surface area contributed by atoms with Crippen LogP contribution in [0.25, 0.3) is 11.1 Å². The first-order valence-electron chi connectivity index (χ1n) is 5.60. The van der Waals surface area contributed by atoms with Crippen molar-refractivity contribution in [3.05, 3.63) is 47.8 Å². The molecule has 0 saturated carbocycles. The van der Waals surface area contributed by atoms with Gasteiger partial charge in [0, 0.05) is 23.9 Å². The van der Waals surface area contributed by atoms with Crippen LogP contribution in [0.2, 0.25) is 0 Å². The van der Waals surface area contributed by atoms with E-state index in [1.54, 1.807) is 6.07 Å². The van der Waals surface area contributed by atoms with Gasteiger partial charge in [0.15, 0.2) is 0 Å². The Bertz CT molecular complexity index is 580. The maximum Gasteiger partial charge on any atom is 0.134 e. The summed E-state index contributed by atoms with van der Waals surface area (Å²) in [7, 11) is 0. The van der Waals surface area contributed by atoms with E-state index < -0.39 is 5.82 Å². The Hall–Kier alpha value is -2.03. The van der Waals surface area contributed by atoms with Gasteiger partial charge in [-0.15, -0.1) is 0 Å². The van der Waals surface area contributed by atoms with Crippen LogP contribution < -0.4 is 5.32 Å². The van der Waals surface area contributed by atoms with Crippen LogP contribution in [0.15, 0.2) is 36.4 Å². The van der Waals surface area contributed by atoms with E-state index in [4.69, 9.17) is 0 Å². The largest absolute Gasteiger partial charge is 0.508 e. The summed E-state index contributed by atoms with van der Waals surface area (Å²) < 4.78 is 13.7. The molecule has 0 radical (unpaired) electrons. The van der Waals surface area contributed by atoms with Gasteiger partial charge >= 0.3 is 0 Å². The van der Waals surface area contributed by atoms with Crippen molar-refractivity contribution in [2.24, 2.45) is 0 Å². The maximum atomic E-state index is 13.7. The summed E-state index contributed by atoms with van der Waals surface area (Å²) in [6, 6.07) is 10.1. The summed E-state index contributed by atoms with van der Waals surface area (Å²) in [5.74, 6) is -0.440. The Balaban J connectivity index is 2.09. The van der Waals surface area contributed by atoms with Crippen LogP contribution in [0.3, 0.4) is 0 Å². The quantitative estimate of drug-likeness (QED) is 0.787. The van der Waals surface area contributed by atoms with E-state index in [2.05, 4.69) is 5.32 Å². The normalized spacial score (nSPS) is 13.2. The van der Waals surface area contributed by atoms with E-state index >= 15 is 0 Å². The zero-order chi connectivity index (χ0) is 11.8. The second kappa shape index (κ2) is 3.77. The van der Waals surface area contributed by atoms with Gasteiger partial charge in [0.1, 0.15) is 11.6 Å². The van der Waals surface area contributed by atoms with Crippen LogP contribution in [0.4, 0.5) is 10.1 Å². The van der Waals surface area contributed by atoms with Gasteiger partial charge in [-0.1, -0.05) is 6.07 Å². The van der Waals surface area contributed by atoms with E-state index in [0.717, 1.165) is 30.3 Å². The number of nitrogens with one attached hydrogen (secondary N) is 1. The molecule has 0 aliphatic carbocycles. The van der Waals surface area contributed by atoms with Gasteiger partial charge in [0.2, 0.25) is 0 Å². The number of benzene rings is 2. The molecular formula is C14H12FNO. The summed E-state index contributed by atoms with van der Waals surface area (Å²) in [5, 5.41) is 12.5. The molecule has 0 saturated heterocycles. The molecular weight excluding hydrogens is 217 g/mol. The molecule has 86 valence electrons. The van der Waals surface area contributed by atoms with Crippen molar-refractivity contribution in [1.82, 2.24) is 0 Å². The van der Waals surface area contributed by atoms with E-state index in [-0.39, 0.29) is 5.75 Å². The predicted molar refractivity (Wildman–Crippen MR) is 65.7 cm³/mol. The first-order chi connectivity index (χ1) is 8.24. The van der Waals surface area contributed by atoms with Crippen LogP contribution in [-0.4, -0.2) is 11.7 Å². The Labute approximate surface area is 98.7 Å². The number of aromatic hydroxyl groups is 1. The molecule has 1 aliphatic heterocycles. The molecule has 1 aliphatic rings. The smallest absolute Gasteiger partial charge is 0.134 e. The minimum absolute atomic E-state index is 0.0472. The molecule has 1 heterocycles. The van der Waals surface area contributed by atoms with Gasteiger partial charge in [-0.2, -0.15) is 0 Å². The molecule has 0 aromatic heterocycles. The molecule has 0 spiro atoms.